The molecule has 2 fully saturated rings. The number of likely N-dealkylation sites (tertiary alicyclic amines) is 2. The highest BCUT2D eigenvalue weighted by atomic mass is 32.2. The van der Waals surface area contributed by atoms with Gasteiger partial charge in [-0.15, -0.1) is 0 Å². The normalized spacial score (nSPS) is 21.1. The van der Waals surface area contributed by atoms with E-state index in [2.05, 4.69) is 29.4 Å². The number of hydrogen-bond donors (Lipinski definition) is 2. The van der Waals surface area contributed by atoms with E-state index in [0.29, 0.717) is 37.1 Å². The van der Waals surface area contributed by atoms with E-state index in [1.807, 2.05) is 40.9 Å². The molecule has 48 heavy (non-hydrogen) atoms. The van der Waals surface area contributed by atoms with Gasteiger partial charge in [-0.1, -0.05) is 47.1 Å². The molecule has 2 rings (SSSR count). The number of amides is 4. The first-order valence-corrected chi connectivity index (χ1v) is 19.1. The molecule has 0 aromatic heterocycles. The Balaban J connectivity index is 2.26. The Labute approximate surface area is 293 Å². The monoisotopic (exact) mass is 693 g/mol. The van der Waals surface area contributed by atoms with E-state index >= 15 is 0 Å². The zero-order valence-corrected chi connectivity index (χ0v) is 32.2. The van der Waals surface area contributed by atoms with Crippen molar-refractivity contribution in [3.63, 3.8) is 0 Å². The first-order chi connectivity index (χ1) is 22.5. The fraction of sp³-hybridized carbons (Fsp3) is 0.806. The van der Waals surface area contributed by atoms with Gasteiger partial charge >= 0.3 is 5.97 Å². The van der Waals surface area contributed by atoms with Crippen LogP contribution in [0.3, 0.4) is 0 Å². The maximum Gasteiger partial charge on any atom is 0.328 e. The van der Waals surface area contributed by atoms with Crippen molar-refractivity contribution < 1.29 is 28.7 Å². The number of hydrogen-bond acceptors (Lipinski definition) is 8. The van der Waals surface area contributed by atoms with Gasteiger partial charge in [-0.3, -0.25) is 24.1 Å². The van der Waals surface area contributed by atoms with Crippen molar-refractivity contribution in [1.82, 2.24) is 25.3 Å². The first kappa shape index (κ1) is 41.6. The highest BCUT2D eigenvalue weighted by molar-refractivity contribution is 7.98. The molecule has 0 aromatic carbocycles. The van der Waals surface area contributed by atoms with Crippen LogP contribution in [0.15, 0.2) is 11.6 Å². The molecule has 2 aliphatic heterocycles. The maximum absolute atomic E-state index is 14.2. The summed E-state index contributed by atoms with van der Waals surface area (Å²) in [7, 11) is 1.73. The molecule has 0 spiro atoms. The molecule has 2 heterocycles. The second kappa shape index (κ2) is 19.0. The van der Waals surface area contributed by atoms with Gasteiger partial charge in [-0.05, 0) is 89.7 Å². The van der Waals surface area contributed by atoms with Crippen LogP contribution in [0.2, 0.25) is 0 Å². The molecule has 11 nitrogen and oxygen atoms in total. The molecular weight excluding hydrogens is 630 g/mol. The third-order valence-electron chi connectivity index (χ3n) is 9.46. The van der Waals surface area contributed by atoms with Gasteiger partial charge in [-0.2, -0.15) is 11.8 Å². The number of ether oxygens (including phenoxy) is 1. The molecule has 2 N–H and O–H groups in total. The summed E-state index contributed by atoms with van der Waals surface area (Å²) in [5, 5.41) is 5.96. The molecule has 2 saturated heterocycles. The topological polar surface area (TPSA) is 128 Å². The number of likely N-dealkylation sites (N-methyl/N-ethyl adjacent to an activating group) is 1. The van der Waals surface area contributed by atoms with Crippen molar-refractivity contribution in [3.8, 4) is 0 Å². The molecule has 0 aromatic rings. The number of carbonyl (C=O) groups is 5. The summed E-state index contributed by atoms with van der Waals surface area (Å²) < 4.78 is 5.18. The van der Waals surface area contributed by atoms with Crippen LogP contribution < -0.4 is 10.6 Å². The largest absolute Gasteiger partial charge is 0.464 e. The predicted molar refractivity (Wildman–Crippen MR) is 192 cm³/mol. The summed E-state index contributed by atoms with van der Waals surface area (Å²) in [6.45, 7) is 19.0. The van der Waals surface area contributed by atoms with E-state index in [-0.39, 0.29) is 48.2 Å². The van der Waals surface area contributed by atoms with Crippen molar-refractivity contribution >= 4 is 41.4 Å². The fourth-order valence-corrected chi connectivity index (χ4v) is 7.15. The molecule has 5 atom stereocenters. The van der Waals surface area contributed by atoms with Gasteiger partial charge in [0.1, 0.15) is 18.1 Å². The zero-order valence-electron chi connectivity index (χ0n) is 31.4. The lowest BCUT2D eigenvalue weighted by atomic mass is 9.84. The van der Waals surface area contributed by atoms with Gasteiger partial charge in [0, 0.05) is 25.2 Å². The number of esters is 1. The van der Waals surface area contributed by atoms with Crippen molar-refractivity contribution in [3.05, 3.63) is 11.6 Å². The van der Waals surface area contributed by atoms with Crippen LogP contribution in [-0.2, 0) is 28.7 Å². The second-order valence-corrected chi connectivity index (χ2v) is 15.9. The smallest absolute Gasteiger partial charge is 0.328 e. The van der Waals surface area contributed by atoms with E-state index in [9.17, 15) is 24.0 Å². The van der Waals surface area contributed by atoms with Gasteiger partial charge in [0.2, 0.25) is 23.6 Å². The zero-order chi connectivity index (χ0) is 36.3. The Bertz CT molecular complexity index is 1150. The van der Waals surface area contributed by atoms with Gasteiger partial charge in [0.15, 0.2) is 0 Å². The van der Waals surface area contributed by atoms with E-state index < -0.39 is 35.6 Å². The van der Waals surface area contributed by atoms with Crippen molar-refractivity contribution in [2.24, 2.45) is 11.3 Å². The van der Waals surface area contributed by atoms with Crippen LogP contribution in [0, 0.1) is 11.3 Å². The Morgan fingerprint density at radius 2 is 1.58 bits per heavy atom. The van der Waals surface area contributed by atoms with Crippen LogP contribution in [0.5, 0.6) is 0 Å². The quantitative estimate of drug-likeness (QED) is 0.195. The lowest BCUT2D eigenvalue weighted by Crippen LogP contribution is -2.60. The minimum Gasteiger partial charge on any atom is -0.464 e. The van der Waals surface area contributed by atoms with Gasteiger partial charge in [0.25, 0.3) is 0 Å². The van der Waals surface area contributed by atoms with E-state index in [0.717, 1.165) is 25.8 Å². The minimum atomic E-state index is -0.771. The van der Waals surface area contributed by atoms with Crippen LogP contribution in [0.25, 0.3) is 0 Å². The summed E-state index contributed by atoms with van der Waals surface area (Å²) in [6.07, 6.45) is 8.14. The lowest BCUT2D eigenvalue weighted by molar-refractivity contribution is -0.148. The van der Waals surface area contributed by atoms with Gasteiger partial charge in [-0.25, -0.2) is 4.79 Å². The average Bonchev–Trinajstić information content (AvgIpc) is 3.52. The molecular formula is C36H63N5O6S. The molecule has 0 aliphatic carbocycles. The molecule has 0 saturated carbocycles. The molecule has 274 valence electrons. The van der Waals surface area contributed by atoms with Gasteiger partial charge in [0.05, 0.1) is 18.7 Å². The van der Waals surface area contributed by atoms with E-state index in [4.69, 9.17) is 4.74 Å². The highest BCUT2D eigenvalue weighted by Crippen LogP contribution is 2.27. The summed E-state index contributed by atoms with van der Waals surface area (Å²) >= 11 is 1.58. The number of piperidine rings is 1. The molecule has 12 heteroatoms. The summed E-state index contributed by atoms with van der Waals surface area (Å²) in [6, 6.07) is -2.71. The molecule has 1 unspecified atom stereocenters. The fourth-order valence-electron chi connectivity index (χ4n) is 6.67. The summed E-state index contributed by atoms with van der Waals surface area (Å²) in [4.78, 5) is 73.0. The van der Waals surface area contributed by atoms with Crippen molar-refractivity contribution in [2.75, 3.05) is 38.8 Å². The Morgan fingerprint density at radius 1 is 0.958 bits per heavy atom. The number of thioether (sulfide) groups is 1. The maximum atomic E-state index is 14.2. The average molecular weight is 694 g/mol. The third kappa shape index (κ3) is 11.2. The Morgan fingerprint density at radius 3 is 2.15 bits per heavy atom. The highest BCUT2D eigenvalue weighted by Gasteiger charge is 2.41. The number of rotatable bonds is 15. The van der Waals surface area contributed by atoms with E-state index in [1.165, 1.54) is 0 Å². The molecule has 2 aliphatic rings. The molecule has 4 amide bonds. The van der Waals surface area contributed by atoms with Crippen LogP contribution >= 0.6 is 11.8 Å². The first-order valence-electron chi connectivity index (χ1n) is 17.7. The summed E-state index contributed by atoms with van der Waals surface area (Å²) in [5.41, 5.74) is -0.120. The van der Waals surface area contributed by atoms with Crippen molar-refractivity contribution in [2.45, 2.75) is 137 Å². The second-order valence-electron chi connectivity index (χ2n) is 14.9. The number of nitrogens with zero attached hydrogens (tertiary/aromatic N) is 3. The molecule has 0 bridgehead atoms. The SMILES string of the molecule is CCOC(=O)[C@H](CCSC)NC(=O)[C@@H]1CCCN1C(=O)C(C)=C[C@H](C(C)C)N(C)C(=O)[C@@H](NC(=O)C1CCCCN1C(C)C)C(C)(C)C. The summed E-state index contributed by atoms with van der Waals surface area (Å²) in [5.74, 6) is -0.802. The van der Waals surface area contributed by atoms with Gasteiger partial charge < -0.3 is 25.2 Å². The van der Waals surface area contributed by atoms with Crippen LogP contribution in [0.1, 0.15) is 101 Å². The number of carbonyl (C=O) groups excluding carboxylic acids is 5. The molecule has 0 radical (unpaired) electrons. The Kier molecular flexibility index (Phi) is 16.4. The predicted octanol–water partition coefficient (Wildman–Crippen LogP) is 4.00. The van der Waals surface area contributed by atoms with Crippen LogP contribution in [-0.4, -0.2) is 119 Å². The van der Waals surface area contributed by atoms with E-state index in [1.54, 1.807) is 48.5 Å². The van der Waals surface area contributed by atoms with Crippen molar-refractivity contribution in [1.29, 1.82) is 0 Å². The number of nitrogens with one attached hydrogen (secondary N) is 2. The minimum absolute atomic E-state index is 0.0350. The third-order valence-corrected chi connectivity index (χ3v) is 10.1. The Hall–Kier alpha value is -2.60. The van der Waals surface area contributed by atoms with Crippen LogP contribution in [0.4, 0.5) is 0 Å². The lowest BCUT2D eigenvalue weighted by Gasteiger charge is -2.41. The standard InChI is InChI=1S/C36H63N5O6S/c1-12-47-35(46)26(18-21-48-11)37-31(42)28-17-15-20-41(28)33(44)25(6)22-29(23(2)3)39(10)34(45)30(36(7,8)9)38-32(43)27-16-13-14-19-40(27)24(4)5/h22-24,26-30H,12-21H2,1-11H3,(H,37,42)(H,38,43)/t26-,27?,28-,29+,30+/m0/s1.